The molecule has 122 valence electrons. The monoisotopic (exact) mass is 321 g/mol. The van der Waals surface area contributed by atoms with Gasteiger partial charge in [-0.1, -0.05) is 19.1 Å². The summed E-state index contributed by atoms with van der Waals surface area (Å²) in [5.41, 5.74) is 1.09. The maximum Gasteiger partial charge on any atom is 0.194 e. The number of rotatable bonds is 6. The van der Waals surface area contributed by atoms with E-state index in [-0.39, 0.29) is 0 Å². The van der Waals surface area contributed by atoms with Crippen LogP contribution < -0.4 is 5.32 Å². The molecule has 2 rings (SSSR count). The van der Waals surface area contributed by atoms with Gasteiger partial charge in [-0.2, -0.15) is 11.8 Å². The Bertz CT molecular complexity index is 484. The zero-order chi connectivity index (χ0) is 15.8. The fourth-order valence-electron chi connectivity index (χ4n) is 2.39. The van der Waals surface area contributed by atoms with Crippen LogP contribution >= 0.6 is 11.8 Å². The topological polar surface area (TPSA) is 40.8 Å². The third kappa shape index (κ3) is 5.44. The van der Waals surface area contributed by atoms with E-state index in [1.807, 2.05) is 19.1 Å². The zero-order valence-electron chi connectivity index (χ0n) is 13.7. The zero-order valence-corrected chi connectivity index (χ0v) is 14.5. The maximum absolute atomic E-state index is 5.38. The summed E-state index contributed by atoms with van der Waals surface area (Å²) in [6.45, 7) is 11.9. The first-order chi connectivity index (χ1) is 10.7. The molecule has 1 aliphatic rings. The number of nitrogens with zero attached hydrogens (tertiary/aromatic N) is 2. The average molecular weight is 321 g/mol. The molecule has 0 radical (unpaired) electrons. The number of thioether (sulfide) groups is 1. The molecular weight excluding hydrogens is 294 g/mol. The van der Waals surface area contributed by atoms with E-state index in [9.17, 15) is 0 Å². The van der Waals surface area contributed by atoms with Crippen molar-refractivity contribution in [2.24, 2.45) is 4.99 Å². The summed E-state index contributed by atoms with van der Waals surface area (Å²) < 4.78 is 5.38. The second-order valence-corrected chi connectivity index (χ2v) is 7.11. The number of hydrogen-bond donors (Lipinski definition) is 1. The van der Waals surface area contributed by atoms with Gasteiger partial charge in [0.05, 0.1) is 12.8 Å². The van der Waals surface area contributed by atoms with Gasteiger partial charge in [-0.15, -0.1) is 0 Å². The fourth-order valence-corrected chi connectivity index (χ4v) is 3.57. The van der Waals surface area contributed by atoms with Gasteiger partial charge in [0, 0.05) is 37.1 Å². The molecule has 5 heteroatoms. The molecule has 1 saturated heterocycles. The SMILES string of the molecule is C=C(C)CN=C(NCCc1ccco1)N1CCSC(CC)C1. The first-order valence-electron chi connectivity index (χ1n) is 8.00. The van der Waals surface area contributed by atoms with Crippen LogP contribution in [0.1, 0.15) is 26.0 Å². The Balaban J connectivity index is 1.92. The molecule has 0 bridgehead atoms. The summed E-state index contributed by atoms with van der Waals surface area (Å²) in [7, 11) is 0. The molecule has 0 spiro atoms. The highest BCUT2D eigenvalue weighted by Gasteiger charge is 2.21. The van der Waals surface area contributed by atoms with Gasteiger partial charge >= 0.3 is 0 Å². The number of furan rings is 1. The van der Waals surface area contributed by atoms with Crippen molar-refractivity contribution in [1.29, 1.82) is 0 Å². The molecule has 1 fully saturated rings. The summed E-state index contributed by atoms with van der Waals surface area (Å²) in [6.07, 6.45) is 3.80. The van der Waals surface area contributed by atoms with Crippen LogP contribution in [0.2, 0.25) is 0 Å². The molecule has 1 atom stereocenters. The molecule has 4 nitrogen and oxygen atoms in total. The highest BCUT2D eigenvalue weighted by atomic mass is 32.2. The van der Waals surface area contributed by atoms with E-state index >= 15 is 0 Å². The number of guanidine groups is 1. The Morgan fingerprint density at radius 3 is 3.14 bits per heavy atom. The van der Waals surface area contributed by atoms with Crippen molar-refractivity contribution in [3.8, 4) is 0 Å². The highest BCUT2D eigenvalue weighted by Crippen LogP contribution is 2.21. The third-order valence-corrected chi connectivity index (χ3v) is 5.00. The summed E-state index contributed by atoms with van der Waals surface area (Å²) in [5, 5.41) is 4.20. The van der Waals surface area contributed by atoms with Crippen LogP contribution in [-0.4, -0.2) is 48.0 Å². The average Bonchev–Trinajstić information content (AvgIpc) is 3.03. The van der Waals surface area contributed by atoms with Crippen LogP contribution in [0.5, 0.6) is 0 Å². The number of hydrogen-bond acceptors (Lipinski definition) is 3. The Hall–Kier alpha value is -1.36. The molecule has 1 unspecified atom stereocenters. The quantitative estimate of drug-likeness (QED) is 0.496. The van der Waals surface area contributed by atoms with E-state index in [0.717, 1.165) is 43.3 Å². The highest BCUT2D eigenvalue weighted by molar-refractivity contribution is 8.00. The van der Waals surface area contributed by atoms with Gasteiger partial charge in [0.25, 0.3) is 0 Å². The minimum Gasteiger partial charge on any atom is -0.469 e. The first kappa shape index (κ1) is 17.0. The van der Waals surface area contributed by atoms with Gasteiger partial charge in [-0.3, -0.25) is 0 Å². The van der Waals surface area contributed by atoms with E-state index in [4.69, 9.17) is 9.41 Å². The van der Waals surface area contributed by atoms with Gasteiger partial charge in [0.15, 0.2) is 5.96 Å². The standard InChI is InChI=1S/C17H27N3OS/c1-4-16-13-20(9-11-22-16)17(19-12-14(2)3)18-8-7-15-6-5-10-21-15/h5-6,10,16H,2,4,7-9,11-13H2,1,3H3,(H,18,19). The molecule has 0 amide bonds. The lowest BCUT2D eigenvalue weighted by molar-refractivity contribution is 0.406. The van der Waals surface area contributed by atoms with E-state index in [0.29, 0.717) is 11.8 Å². The van der Waals surface area contributed by atoms with Crippen molar-refractivity contribution in [3.63, 3.8) is 0 Å². The van der Waals surface area contributed by atoms with Crippen molar-refractivity contribution in [2.45, 2.75) is 31.9 Å². The predicted molar refractivity (Wildman–Crippen MR) is 95.6 cm³/mol. The Kier molecular flexibility index (Phi) is 6.90. The lowest BCUT2D eigenvalue weighted by atomic mass is 10.3. The van der Waals surface area contributed by atoms with Crippen molar-refractivity contribution in [2.75, 3.05) is 31.9 Å². The Morgan fingerprint density at radius 1 is 1.59 bits per heavy atom. The Morgan fingerprint density at radius 2 is 2.45 bits per heavy atom. The van der Waals surface area contributed by atoms with Crippen LogP contribution in [0.3, 0.4) is 0 Å². The molecule has 1 N–H and O–H groups in total. The molecule has 0 aliphatic carbocycles. The summed E-state index contributed by atoms with van der Waals surface area (Å²) >= 11 is 2.07. The van der Waals surface area contributed by atoms with Crippen LogP contribution in [0.4, 0.5) is 0 Å². The van der Waals surface area contributed by atoms with Gasteiger partial charge in [-0.05, 0) is 25.5 Å². The van der Waals surface area contributed by atoms with Gasteiger partial charge < -0.3 is 14.6 Å². The summed E-state index contributed by atoms with van der Waals surface area (Å²) in [5.74, 6) is 3.19. The molecule has 1 aliphatic heterocycles. The van der Waals surface area contributed by atoms with Crippen LogP contribution in [0.15, 0.2) is 40.0 Å². The van der Waals surface area contributed by atoms with Gasteiger partial charge in [0.2, 0.25) is 0 Å². The largest absolute Gasteiger partial charge is 0.469 e. The van der Waals surface area contributed by atoms with E-state index in [1.165, 1.54) is 12.2 Å². The van der Waals surface area contributed by atoms with Crippen LogP contribution in [-0.2, 0) is 6.42 Å². The van der Waals surface area contributed by atoms with Crippen molar-refractivity contribution in [1.82, 2.24) is 10.2 Å². The lowest BCUT2D eigenvalue weighted by Gasteiger charge is -2.34. The molecule has 0 aromatic carbocycles. The molecule has 0 saturated carbocycles. The molecular formula is C17H27N3OS. The number of nitrogens with one attached hydrogen (secondary N) is 1. The summed E-state index contributed by atoms with van der Waals surface area (Å²) in [4.78, 5) is 7.11. The minimum atomic E-state index is 0.684. The van der Waals surface area contributed by atoms with Gasteiger partial charge in [0.1, 0.15) is 5.76 Å². The second-order valence-electron chi connectivity index (χ2n) is 5.70. The molecule has 1 aromatic rings. The normalized spacial score (nSPS) is 19.3. The van der Waals surface area contributed by atoms with Gasteiger partial charge in [-0.25, -0.2) is 4.99 Å². The minimum absolute atomic E-state index is 0.684. The second kappa shape index (κ2) is 8.93. The van der Waals surface area contributed by atoms with E-state index < -0.39 is 0 Å². The first-order valence-corrected chi connectivity index (χ1v) is 9.05. The maximum atomic E-state index is 5.38. The number of aliphatic imine (C=N–C) groups is 1. The fraction of sp³-hybridized carbons (Fsp3) is 0.588. The van der Waals surface area contributed by atoms with Crippen molar-refractivity contribution in [3.05, 3.63) is 36.3 Å². The Labute approximate surface area is 138 Å². The van der Waals surface area contributed by atoms with Crippen LogP contribution in [0.25, 0.3) is 0 Å². The van der Waals surface area contributed by atoms with Crippen LogP contribution in [0, 0.1) is 0 Å². The third-order valence-electron chi connectivity index (χ3n) is 3.63. The summed E-state index contributed by atoms with van der Waals surface area (Å²) in [6, 6.07) is 3.94. The molecule has 22 heavy (non-hydrogen) atoms. The van der Waals surface area contributed by atoms with Crippen molar-refractivity contribution < 1.29 is 4.42 Å². The van der Waals surface area contributed by atoms with E-state index in [2.05, 4.69) is 35.5 Å². The van der Waals surface area contributed by atoms with E-state index in [1.54, 1.807) is 6.26 Å². The molecule has 2 heterocycles. The predicted octanol–water partition coefficient (Wildman–Crippen LogP) is 3.17. The van der Waals surface area contributed by atoms with Crippen molar-refractivity contribution >= 4 is 17.7 Å². The smallest absolute Gasteiger partial charge is 0.194 e. The molecule has 1 aromatic heterocycles. The lowest BCUT2D eigenvalue weighted by Crippen LogP contribution is -2.48.